The molecular formula is C20H35NO2. The first kappa shape index (κ1) is 20.0. The quantitative estimate of drug-likeness (QED) is 0.653. The van der Waals surface area contributed by atoms with Gasteiger partial charge in [-0.2, -0.15) is 0 Å². The van der Waals surface area contributed by atoms with E-state index in [0.717, 1.165) is 18.5 Å². The molecule has 0 aromatic heterocycles. The van der Waals surface area contributed by atoms with Gasteiger partial charge in [-0.05, 0) is 41.4 Å². The number of benzene rings is 1. The fraction of sp³-hybridized carbons (Fsp3) is 0.700. The van der Waals surface area contributed by atoms with E-state index in [1.54, 1.807) is 0 Å². The van der Waals surface area contributed by atoms with Crippen molar-refractivity contribution < 1.29 is 9.84 Å². The van der Waals surface area contributed by atoms with E-state index in [0.29, 0.717) is 25.2 Å². The highest BCUT2D eigenvalue weighted by Gasteiger charge is 2.27. The molecule has 3 nitrogen and oxygen atoms in total. The van der Waals surface area contributed by atoms with E-state index >= 15 is 0 Å². The van der Waals surface area contributed by atoms with Crippen LogP contribution in [0.15, 0.2) is 24.3 Å². The van der Waals surface area contributed by atoms with Gasteiger partial charge in [0, 0.05) is 18.8 Å². The van der Waals surface area contributed by atoms with Gasteiger partial charge in [0.1, 0.15) is 0 Å². The summed E-state index contributed by atoms with van der Waals surface area (Å²) in [4.78, 5) is 0. The summed E-state index contributed by atoms with van der Waals surface area (Å²) in [6.45, 7) is 15.1. The number of hydrogen-bond donors (Lipinski definition) is 2. The standard InChI is InChI=1S/C20H35NO2/c1-7-12-23-14-18(22)13-21-17-10-8-16(9-11-17)20(5,6)15-19(2,3)4/h8-11,18,21-22H,7,12-15H2,1-6H3. The summed E-state index contributed by atoms with van der Waals surface area (Å²) in [6, 6.07) is 8.57. The molecule has 132 valence electrons. The first-order valence-corrected chi connectivity index (χ1v) is 8.74. The summed E-state index contributed by atoms with van der Waals surface area (Å²) in [5, 5.41) is 13.1. The Labute approximate surface area is 142 Å². The van der Waals surface area contributed by atoms with Gasteiger partial charge in [0.25, 0.3) is 0 Å². The van der Waals surface area contributed by atoms with Gasteiger partial charge in [-0.15, -0.1) is 0 Å². The predicted molar refractivity (Wildman–Crippen MR) is 99.1 cm³/mol. The third kappa shape index (κ3) is 7.85. The zero-order chi connectivity index (χ0) is 17.5. The lowest BCUT2D eigenvalue weighted by molar-refractivity contribution is 0.0437. The third-order valence-electron chi connectivity index (χ3n) is 3.84. The molecule has 0 fully saturated rings. The van der Waals surface area contributed by atoms with Crippen LogP contribution in [0.5, 0.6) is 0 Å². The van der Waals surface area contributed by atoms with Crippen LogP contribution in [0.2, 0.25) is 0 Å². The van der Waals surface area contributed by atoms with Gasteiger partial charge < -0.3 is 15.2 Å². The molecule has 0 bridgehead atoms. The Kier molecular flexibility index (Phi) is 7.56. The maximum atomic E-state index is 9.86. The Morgan fingerprint density at radius 3 is 2.22 bits per heavy atom. The minimum Gasteiger partial charge on any atom is -0.389 e. The van der Waals surface area contributed by atoms with Crippen molar-refractivity contribution in [1.29, 1.82) is 0 Å². The second-order valence-corrected chi connectivity index (χ2v) is 8.31. The molecule has 1 rings (SSSR count). The van der Waals surface area contributed by atoms with Gasteiger partial charge in [0.05, 0.1) is 12.7 Å². The second-order valence-electron chi connectivity index (χ2n) is 8.31. The van der Waals surface area contributed by atoms with E-state index in [1.165, 1.54) is 5.56 Å². The highest BCUT2D eigenvalue weighted by molar-refractivity contribution is 5.46. The first-order chi connectivity index (χ1) is 10.6. The topological polar surface area (TPSA) is 41.5 Å². The molecule has 23 heavy (non-hydrogen) atoms. The van der Waals surface area contributed by atoms with Crippen molar-refractivity contribution in [2.24, 2.45) is 5.41 Å². The summed E-state index contributed by atoms with van der Waals surface area (Å²) >= 11 is 0. The number of aliphatic hydroxyl groups is 1. The largest absolute Gasteiger partial charge is 0.389 e. The van der Waals surface area contributed by atoms with Crippen molar-refractivity contribution in [3.05, 3.63) is 29.8 Å². The van der Waals surface area contributed by atoms with Crippen molar-refractivity contribution in [3.63, 3.8) is 0 Å². The number of hydrogen-bond acceptors (Lipinski definition) is 3. The number of rotatable bonds is 9. The lowest BCUT2D eigenvalue weighted by atomic mass is 9.72. The fourth-order valence-corrected chi connectivity index (χ4v) is 3.13. The SMILES string of the molecule is CCCOCC(O)CNc1ccc(C(C)(C)CC(C)(C)C)cc1. The van der Waals surface area contributed by atoms with E-state index in [4.69, 9.17) is 4.74 Å². The van der Waals surface area contributed by atoms with Crippen molar-refractivity contribution in [1.82, 2.24) is 0 Å². The zero-order valence-corrected chi connectivity index (χ0v) is 15.8. The number of ether oxygens (including phenoxy) is 1. The molecule has 1 aromatic carbocycles. The molecular weight excluding hydrogens is 286 g/mol. The zero-order valence-electron chi connectivity index (χ0n) is 15.8. The van der Waals surface area contributed by atoms with Crippen LogP contribution in [0, 0.1) is 5.41 Å². The summed E-state index contributed by atoms with van der Waals surface area (Å²) in [7, 11) is 0. The Hall–Kier alpha value is -1.06. The average Bonchev–Trinajstić information content (AvgIpc) is 2.43. The van der Waals surface area contributed by atoms with Crippen LogP contribution in [0.1, 0.15) is 59.9 Å². The number of aliphatic hydroxyl groups excluding tert-OH is 1. The lowest BCUT2D eigenvalue weighted by Gasteiger charge is -2.33. The first-order valence-electron chi connectivity index (χ1n) is 8.74. The van der Waals surface area contributed by atoms with Gasteiger partial charge in [0.15, 0.2) is 0 Å². The maximum Gasteiger partial charge on any atom is 0.0945 e. The van der Waals surface area contributed by atoms with Crippen molar-refractivity contribution in [2.75, 3.05) is 25.1 Å². The van der Waals surface area contributed by atoms with E-state index < -0.39 is 6.10 Å². The lowest BCUT2D eigenvalue weighted by Crippen LogP contribution is -2.26. The van der Waals surface area contributed by atoms with E-state index in [9.17, 15) is 5.11 Å². The van der Waals surface area contributed by atoms with Crippen LogP contribution < -0.4 is 5.32 Å². The summed E-state index contributed by atoms with van der Waals surface area (Å²) in [6.07, 6.45) is 1.64. The normalized spacial score (nSPS) is 13.9. The van der Waals surface area contributed by atoms with Crippen LogP contribution in [-0.4, -0.2) is 31.0 Å². The van der Waals surface area contributed by atoms with Crippen molar-refractivity contribution >= 4 is 5.69 Å². The highest BCUT2D eigenvalue weighted by Crippen LogP contribution is 2.36. The Morgan fingerprint density at radius 1 is 1.09 bits per heavy atom. The maximum absolute atomic E-state index is 9.86. The third-order valence-corrected chi connectivity index (χ3v) is 3.84. The second kappa shape index (κ2) is 8.70. The molecule has 0 saturated heterocycles. The van der Waals surface area contributed by atoms with Crippen LogP contribution in [0.3, 0.4) is 0 Å². The van der Waals surface area contributed by atoms with Gasteiger partial charge >= 0.3 is 0 Å². The fourth-order valence-electron chi connectivity index (χ4n) is 3.13. The van der Waals surface area contributed by atoms with E-state index in [-0.39, 0.29) is 5.41 Å². The minimum absolute atomic E-state index is 0.157. The molecule has 1 atom stereocenters. The molecule has 1 aromatic rings. The van der Waals surface area contributed by atoms with Crippen molar-refractivity contribution in [3.8, 4) is 0 Å². The Balaban J connectivity index is 2.53. The van der Waals surface area contributed by atoms with Gasteiger partial charge in [-0.3, -0.25) is 0 Å². The molecule has 3 heteroatoms. The average molecular weight is 322 g/mol. The van der Waals surface area contributed by atoms with E-state index in [1.807, 2.05) is 0 Å². The molecule has 0 aliphatic rings. The molecule has 2 N–H and O–H groups in total. The molecule has 0 aliphatic carbocycles. The van der Waals surface area contributed by atoms with Gasteiger partial charge in [0.2, 0.25) is 0 Å². The van der Waals surface area contributed by atoms with Crippen molar-refractivity contribution in [2.45, 2.75) is 65.9 Å². The van der Waals surface area contributed by atoms with Crippen LogP contribution >= 0.6 is 0 Å². The van der Waals surface area contributed by atoms with Gasteiger partial charge in [-0.25, -0.2) is 0 Å². The molecule has 0 amide bonds. The monoisotopic (exact) mass is 321 g/mol. The molecule has 0 aliphatic heterocycles. The van der Waals surface area contributed by atoms with Crippen LogP contribution in [0.4, 0.5) is 5.69 Å². The molecule has 0 spiro atoms. The Morgan fingerprint density at radius 2 is 1.70 bits per heavy atom. The van der Waals surface area contributed by atoms with Gasteiger partial charge in [-0.1, -0.05) is 53.7 Å². The predicted octanol–water partition coefficient (Wildman–Crippen LogP) is 4.60. The highest BCUT2D eigenvalue weighted by atomic mass is 16.5. The summed E-state index contributed by atoms with van der Waals surface area (Å²) in [5.41, 5.74) is 2.85. The molecule has 0 radical (unpaired) electrons. The minimum atomic E-state index is -0.474. The number of anilines is 1. The van der Waals surface area contributed by atoms with Crippen LogP contribution in [0.25, 0.3) is 0 Å². The molecule has 1 unspecified atom stereocenters. The molecule has 0 heterocycles. The summed E-state index contributed by atoms with van der Waals surface area (Å²) in [5.74, 6) is 0. The Bertz CT molecular complexity index is 446. The summed E-state index contributed by atoms with van der Waals surface area (Å²) < 4.78 is 5.35. The van der Waals surface area contributed by atoms with E-state index in [2.05, 4.69) is 71.1 Å². The van der Waals surface area contributed by atoms with Crippen LogP contribution in [-0.2, 0) is 10.2 Å². The smallest absolute Gasteiger partial charge is 0.0945 e. The number of nitrogens with one attached hydrogen (secondary N) is 1. The molecule has 0 saturated carbocycles.